The summed E-state index contributed by atoms with van der Waals surface area (Å²) in [5.74, 6) is 1.29. The van der Waals surface area contributed by atoms with E-state index in [4.69, 9.17) is 14.5 Å². The number of ether oxygens (including phenoxy) is 2. The number of benzene rings is 1. The van der Waals surface area contributed by atoms with E-state index >= 15 is 0 Å². The highest BCUT2D eigenvalue weighted by atomic mass is 16.5. The van der Waals surface area contributed by atoms with Crippen LogP contribution >= 0.6 is 0 Å². The Balaban J connectivity index is 1.17. The molecule has 2 saturated heterocycles. The fraction of sp³-hybridized carbons (Fsp3) is 0.261. The summed E-state index contributed by atoms with van der Waals surface area (Å²) in [6.45, 7) is 2.75. The lowest BCUT2D eigenvalue weighted by Crippen LogP contribution is -2.36. The molecule has 2 fully saturated rings. The molecule has 0 aliphatic carbocycles. The number of likely N-dealkylation sites (tertiary alicyclic amines) is 1. The van der Waals surface area contributed by atoms with Crippen molar-refractivity contribution >= 4 is 10.9 Å². The molecule has 2 aliphatic rings. The van der Waals surface area contributed by atoms with Gasteiger partial charge in [-0.25, -0.2) is 4.98 Å². The van der Waals surface area contributed by atoms with E-state index in [9.17, 15) is 0 Å². The standard InChI is InChI=1S/C23H21N5O2/c1-3-17(12-28-13-20-10-18(28)14-29-20)26-21-5-4-19(9-15(1)21)30-23-6-2-16(11-24-23)22-7-8-25-27-22/h1-9,11,18,20H,10,12-14H2,(H,25,27)/t18-,20-/m0/s1. The second-order valence-corrected chi connectivity index (χ2v) is 7.89. The smallest absolute Gasteiger partial charge is 0.219 e. The lowest BCUT2D eigenvalue weighted by molar-refractivity contribution is 0.0269. The van der Waals surface area contributed by atoms with Crippen LogP contribution < -0.4 is 4.74 Å². The van der Waals surface area contributed by atoms with E-state index < -0.39 is 0 Å². The predicted molar refractivity (Wildman–Crippen MR) is 112 cm³/mol. The van der Waals surface area contributed by atoms with Crippen molar-refractivity contribution in [2.75, 3.05) is 13.2 Å². The first-order chi connectivity index (χ1) is 14.8. The fourth-order valence-corrected chi connectivity index (χ4v) is 4.32. The molecule has 0 saturated carbocycles. The van der Waals surface area contributed by atoms with Crippen molar-refractivity contribution in [3.8, 4) is 22.9 Å². The van der Waals surface area contributed by atoms with Gasteiger partial charge in [0.2, 0.25) is 5.88 Å². The maximum Gasteiger partial charge on any atom is 0.219 e. The third-order valence-corrected chi connectivity index (χ3v) is 5.87. The van der Waals surface area contributed by atoms with E-state index in [0.717, 1.165) is 59.7 Å². The molecule has 2 bridgehead atoms. The van der Waals surface area contributed by atoms with Crippen LogP contribution in [0.1, 0.15) is 12.1 Å². The van der Waals surface area contributed by atoms with Crippen molar-refractivity contribution in [3.05, 3.63) is 66.6 Å². The highest BCUT2D eigenvalue weighted by Crippen LogP contribution is 2.30. The number of aromatic amines is 1. The number of aromatic nitrogens is 4. The molecule has 2 aliphatic heterocycles. The van der Waals surface area contributed by atoms with Crippen LogP contribution in [0.15, 0.2) is 60.9 Å². The molecule has 3 aromatic heterocycles. The Morgan fingerprint density at radius 1 is 1.13 bits per heavy atom. The zero-order valence-corrected chi connectivity index (χ0v) is 16.4. The van der Waals surface area contributed by atoms with Gasteiger partial charge in [-0.3, -0.25) is 15.0 Å². The summed E-state index contributed by atoms with van der Waals surface area (Å²) < 4.78 is 11.6. The molecular weight excluding hydrogens is 378 g/mol. The molecule has 5 heterocycles. The second-order valence-electron chi connectivity index (χ2n) is 7.89. The van der Waals surface area contributed by atoms with Gasteiger partial charge in [-0.1, -0.05) is 6.07 Å². The maximum absolute atomic E-state index is 5.94. The summed E-state index contributed by atoms with van der Waals surface area (Å²) in [4.78, 5) is 11.7. The average Bonchev–Trinajstić information content (AvgIpc) is 3.53. The number of hydrogen-bond acceptors (Lipinski definition) is 6. The molecule has 0 radical (unpaired) electrons. The molecule has 1 aromatic carbocycles. The third-order valence-electron chi connectivity index (χ3n) is 5.87. The highest BCUT2D eigenvalue weighted by molar-refractivity contribution is 5.80. The summed E-state index contributed by atoms with van der Waals surface area (Å²) in [5, 5.41) is 7.95. The number of rotatable bonds is 5. The van der Waals surface area contributed by atoms with Crippen molar-refractivity contribution in [1.82, 2.24) is 25.1 Å². The number of morpholine rings is 1. The van der Waals surface area contributed by atoms with Gasteiger partial charge in [0.15, 0.2) is 0 Å². The molecule has 6 rings (SSSR count). The van der Waals surface area contributed by atoms with Crippen LogP contribution in [-0.4, -0.2) is 50.4 Å². The van der Waals surface area contributed by atoms with E-state index in [1.54, 1.807) is 12.4 Å². The van der Waals surface area contributed by atoms with Crippen LogP contribution in [0, 0.1) is 0 Å². The minimum Gasteiger partial charge on any atom is -0.439 e. The van der Waals surface area contributed by atoms with Crippen molar-refractivity contribution in [2.45, 2.75) is 25.1 Å². The highest BCUT2D eigenvalue weighted by Gasteiger charge is 2.38. The molecule has 4 aromatic rings. The van der Waals surface area contributed by atoms with E-state index in [0.29, 0.717) is 18.0 Å². The van der Waals surface area contributed by atoms with Gasteiger partial charge in [-0.2, -0.15) is 5.10 Å². The summed E-state index contributed by atoms with van der Waals surface area (Å²) >= 11 is 0. The van der Waals surface area contributed by atoms with Crippen molar-refractivity contribution < 1.29 is 9.47 Å². The number of pyridine rings is 2. The molecule has 2 atom stereocenters. The monoisotopic (exact) mass is 399 g/mol. The van der Waals surface area contributed by atoms with Crippen LogP contribution in [0.25, 0.3) is 22.2 Å². The molecular formula is C23H21N5O2. The van der Waals surface area contributed by atoms with Gasteiger partial charge in [0.1, 0.15) is 5.75 Å². The first kappa shape index (κ1) is 17.6. The Bertz CT molecular complexity index is 1180. The Morgan fingerprint density at radius 2 is 2.13 bits per heavy atom. The number of nitrogens with one attached hydrogen (secondary N) is 1. The largest absolute Gasteiger partial charge is 0.439 e. The Kier molecular flexibility index (Phi) is 4.21. The van der Waals surface area contributed by atoms with Gasteiger partial charge < -0.3 is 9.47 Å². The van der Waals surface area contributed by atoms with Gasteiger partial charge in [0.05, 0.1) is 29.6 Å². The normalized spacial score (nSPS) is 20.8. The SMILES string of the molecule is c1cc(-c2ccc(Oc3ccc4nc(CN5C[C@@H]6C[C@H]5CO6)ccc4c3)nc2)[nH]n1. The Hall–Kier alpha value is -3.29. The van der Waals surface area contributed by atoms with Gasteiger partial charge in [-0.15, -0.1) is 0 Å². The Morgan fingerprint density at radius 3 is 2.90 bits per heavy atom. The van der Waals surface area contributed by atoms with Crippen LogP contribution in [-0.2, 0) is 11.3 Å². The molecule has 0 unspecified atom stereocenters. The second kappa shape index (κ2) is 7.19. The number of nitrogens with zero attached hydrogens (tertiary/aromatic N) is 4. The predicted octanol–water partition coefficient (Wildman–Crippen LogP) is 3.79. The van der Waals surface area contributed by atoms with E-state index in [-0.39, 0.29) is 0 Å². The first-order valence-electron chi connectivity index (χ1n) is 10.2. The van der Waals surface area contributed by atoms with Crippen LogP contribution in [0.2, 0.25) is 0 Å². The number of H-pyrrole nitrogens is 1. The van der Waals surface area contributed by atoms with Gasteiger partial charge in [0.25, 0.3) is 0 Å². The van der Waals surface area contributed by atoms with Crippen LogP contribution in [0.4, 0.5) is 0 Å². The van der Waals surface area contributed by atoms with Gasteiger partial charge >= 0.3 is 0 Å². The van der Waals surface area contributed by atoms with Crippen LogP contribution in [0.3, 0.4) is 0 Å². The van der Waals surface area contributed by atoms with Gasteiger partial charge in [-0.05, 0) is 42.8 Å². The molecule has 7 nitrogen and oxygen atoms in total. The zero-order chi connectivity index (χ0) is 19.9. The van der Waals surface area contributed by atoms with E-state index in [2.05, 4.69) is 32.2 Å². The van der Waals surface area contributed by atoms with Crippen molar-refractivity contribution in [3.63, 3.8) is 0 Å². The molecule has 1 N–H and O–H groups in total. The third kappa shape index (κ3) is 3.32. The van der Waals surface area contributed by atoms with E-state index in [1.165, 1.54) is 0 Å². The molecule has 150 valence electrons. The minimum absolute atomic E-state index is 0.414. The molecule has 0 spiro atoms. The fourth-order valence-electron chi connectivity index (χ4n) is 4.32. The molecule has 0 amide bonds. The summed E-state index contributed by atoms with van der Waals surface area (Å²) in [6, 6.07) is 16.4. The summed E-state index contributed by atoms with van der Waals surface area (Å²) in [6.07, 6.45) is 5.06. The summed E-state index contributed by atoms with van der Waals surface area (Å²) in [5.41, 5.74) is 3.96. The lowest BCUT2D eigenvalue weighted by atomic mass is 10.2. The first-order valence-corrected chi connectivity index (χ1v) is 10.2. The average molecular weight is 399 g/mol. The topological polar surface area (TPSA) is 76.2 Å². The maximum atomic E-state index is 5.94. The summed E-state index contributed by atoms with van der Waals surface area (Å²) in [7, 11) is 0. The quantitative estimate of drug-likeness (QED) is 0.550. The van der Waals surface area contributed by atoms with Crippen molar-refractivity contribution in [2.24, 2.45) is 0 Å². The number of hydrogen-bond donors (Lipinski definition) is 1. The number of fused-ring (bicyclic) bond motifs is 3. The van der Waals surface area contributed by atoms with Gasteiger partial charge in [0, 0.05) is 48.5 Å². The Labute approximate surface area is 173 Å². The minimum atomic E-state index is 0.414. The molecule has 30 heavy (non-hydrogen) atoms. The van der Waals surface area contributed by atoms with Crippen LogP contribution in [0.5, 0.6) is 11.6 Å². The van der Waals surface area contributed by atoms with E-state index in [1.807, 2.05) is 36.4 Å². The zero-order valence-electron chi connectivity index (χ0n) is 16.4. The lowest BCUT2D eigenvalue weighted by Gasteiger charge is -2.26. The van der Waals surface area contributed by atoms with Crippen molar-refractivity contribution in [1.29, 1.82) is 0 Å². The molecule has 7 heteroatoms.